The molecule has 0 aliphatic carbocycles. The molecule has 0 spiro atoms. The number of carbonyl (C=O) groups is 2. The molecule has 2 N–H and O–H groups in total. The smallest absolute Gasteiger partial charge is 0.326 e. The van der Waals surface area contributed by atoms with Crippen LogP contribution in [0.15, 0.2) is 29.2 Å². The van der Waals surface area contributed by atoms with Crippen LogP contribution in [-0.4, -0.2) is 50.9 Å². The minimum absolute atomic E-state index is 0.0826. The van der Waals surface area contributed by atoms with Gasteiger partial charge in [-0.3, -0.25) is 4.79 Å². The van der Waals surface area contributed by atoms with Crippen molar-refractivity contribution >= 4 is 21.7 Å². The normalized spacial score (nSPS) is 12.9. The summed E-state index contributed by atoms with van der Waals surface area (Å²) in [6.45, 7) is 3.45. The average molecular weight is 343 g/mol. The number of benzene rings is 1. The molecule has 0 fully saturated rings. The number of hydrogen-bond donors (Lipinski definition) is 2. The van der Waals surface area contributed by atoms with Crippen LogP contribution in [0.5, 0.6) is 0 Å². The average Bonchev–Trinajstić information content (AvgIpc) is 2.49. The van der Waals surface area contributed by atoms with Gasteiger partial charge in [0.25, 0.3) is 5.91 Å². The van der Waals surface area contributed by atoms with Crippen LogP contribution in [0.25, 0.3) is 0 Å². The van der Waals surface area contributed by atoms with Gasteiger partial charge in [0.15, 0.2) is 9.84 Å². The van der Waals surface area contributed by atoms with Crippen LogP contribution in [-0.2, 0) is 19.4 Å². The third-order valence-electron chi connectivity index (χ3n) is 3.25. The van der Waals surface area contributed by atoms with Crippen LogP contribution < -0.4 is 5.32 Å². The van der Waals surface area contributed by atoms with Gasteiger partial charge in [0.05, 0.1) is 17.3 Å². The molecule has 1 rings (SSSR count). The van der Waals surface area contributed by atoms with Gasteiger partial charge in [-0.05, 0) is 30.2 Å². The fourth-order valence-electron chi connectivity index (χ4n) is 1.86. The Kier molecular flexibility index (Phi) is 6.71. The third kappa shape index (κ3) is 5.33. The molecule has 0 saturated carbocycles. The van der Waals surface area contributed by atoms with E-state index >= 15 is 0 Å². The van der Waals surface area contributed by atoms with Crippen molar-refractivity contribution in [3.63, 3.8) is 0 Å². The van der Waals surface area contributed by atoms with Crippen molar-refractivity contribution in [1.29, 1.82) is 0 Å². The Morgan fingerprint density at radius 2 is 1.78 bits per heavy atom. The van der Waals surface area contributed by atoms with Gasteiger partial charge in [0, 0.05) is 12.7 Å². The fraction of sp³-hybridized carbons (Fsp3) is 0.467. The van der Waals surface area contributed by atoms with E-state index in [1.54, 1.807) is 13.8 Å². The molecule has 1 atom stereocenters. The van der Waals surface area contributed by atoms with Gasteiger partial charge >= 0.3 is 5.97 Å². The van der Waals surface area contributed by atoms with E-state index < -0.39 is 27.8 Å². The summed E-state index contributed by atoms with van der Waals surface area (Å²) >= 11 is 0. The van der Waals surface area contributed by atoms with Gasteiger partial charge in [-0.15, -0.1) is 0 Å². The number of amides is 1. The van der Waals surface area contributed by atoms with E-state index in [1.165, 1.54) is 31.4 Å². The highest BCUT2D eigenvalue weighted by molar-refractivity contribution is 7.91. The Morgan fingerprint density at radius 1 is 1.22 bits per heavy atom. The zero-order valence-electron chi connectivity index (χ0n) is 13.3. The molecule has 1 aromatic carbocycles. The van der Waals surface area contributed by atoms with Crippen molar-refractivity contribution in [3.05, 3.63) is 29.8 Å². The quantitative estimate of drug-likeness (QED) is 0.727. The van der Waals surface area contributed by atoms with Crippen LogP contribution in [0, 0.1) is 5.92 Å². The minimum atomic E-state index is -3.47. The van der Waals surface area contributed by atoms with E-state index in [2.05, 4.69) is 5.32 Å². The lowest BCUT2D eigenvalue weighted by Crippen LogP contribution is -2.44. The number of carbonyl (C=O) groups excluding carboxylic acids is 1. The molecule has 0 saturated heterocycles. The maximum absolute atomic E-state index is 12.1. The second-order valence-corrected chi connectivity index (χ2v) is 7.48. The standard InChI is InChI=1S/C15H21NO6S/c1-10(2)13(15(18)19)16-14(17)11-4-6-12(7-5-11)23(20,21)9-8-22-3/h4-7,10,13H,8-9H2,1-3H3,(H,16,17)(H,18,19). The summed E-state index contributed by atoms with van der Waals surface area (Å²) in [6.07, 6.45) is 0. The number of carboxylic acid groups (broad SMARTS) is 1. The highest BCUT2D eigenvalue weighted by Crippen LogP contribution is 2.13. The van der Waals surface area contributed by atoms with Gasteiger partial charge < -0.3 is 15.2 Å². The monoisotopic (exact) mass is 343 g/mol. The Labute approximate surface area is 135 Å². The number of ether oxygens (including phenoxy) is 1. The van der Waals surface area contributed by atoms with E-state index in [1.807, 2.05) is 0 Å². The maximum atomic E-state index is 12.1. The molecule has 1 unspecified atom stereocenters. The number of hydrogen-bond acceptors (Lipinski definition) is 5. The topological polar surface area (TPSA) is 110 Å². The number of methoxy groups -OCH3 is 1. The van der Waals surface area contributed by atoms with E-state index in [4.69, 9.17) is 9.84 Å². The molecule has 23 heavy (non-hydrogen) atoms. The molecule has 128 valence electrons. The van der Waals surface area contributed by atoms with E-state index in [9.17, 15) is 18.0 Å². The number of nitrogens with one attached hydrogen (secondary N) is 1. The van der Waals surface area contributed by atoms with Crippen molar-refractivity contribution in [3.8, 4) is 0 Å². The van der Waals surface area contributed by atoms with E-state index in [0.717, 1.165) is 0 Å². The summed E-state index contributed by atoms with van der Waals surface area (Å²) in [5.41, 5.74) is 0.197. The molecule has 7 nitrogen and oxygen atoms in total. The van der Waals surface area contributed by atoms with E-state index in [-0.39, 0.29) is 28.7 Å². The highest BCUT2D eigenvalue weighted by atomic mass is 32.2. The van der Waals surface area contributed by atoms with Crippen molar-refractivity contribution in [2.75, 3.05) is 19.5 Å². The fourth-order valence-corrected chi connectivity index (χ4v) is 3.04. The zero-order valence-corrected chi connectivity index (χ0v) is 14.1. The summed E-state index contributed by atoms with van der Waals surface area (Å²) in [4.78, 5) is 23.2. The lowest BCUT2D eigenvalue weighted by atomic mass is 10.0. The maximum Gasteiger partial charge on any atom is 0.326 e. The lowest BCUT2D eigenvalue weighted by Gasteiger charge is -2.17. The number of aliphatic carboxylic acids is 1. The molecular formula is C15H21NO6S. The largest absolute Gasteiger partial charge is 0.480 e. The minimum Gasteiger partial charge on any atom is -0.480 e. The first-order chi connectivity index (χ1) is 10.7. The van der Waals surface area contributed by atoms with Crippen LogP contribution in [0.3, 0.4) is 0 Å². The first-order valence-corrected chi connectivity index (χ1v) is 8.69. The first-order valence-electron chi connectivity index (χ1n) is 7.04. The molecule has 1 amide bonds. The first kappa shape index (κ1) is 19.1. The summed E-state index contributed by atoms with van der Waals surface area (Å²) in [5, 5.41) is 11.5. The molecular weight excluding hydrogens is 322 g/mol. The molecule has 0 aliphatic rings. The predicted molar refractivity (Wildman–Crippen MR) is 84.1 cm³/mol. The summed E-state index contributed by atoms with van der Waals surface area (Å²) in [6, 6.07) is 4.35. The Morgan fingerprint density at radius 3 is 2.22 bits per heavy atom. The number of rotatable bonds is 8. The third-order valence-corrected chi connectivity index (χ3v) is 4.95. The second-order valence-electron chi connectivity index (χ2n) is 5.37. The van der Waals surface area contributed by atoms with Crippen LogP contribution >= 0.6 is 0 Å². The summed E-state index contributed by atoms with van der Waals surface area (Å²) in [7, 11) is -2.05. The number of carboxylic acids is 1. The van der Waals surface area contributed by atoms with Gasteiger partial charge in [-0.25, -0.2) is 13.2 Å². The molecule has 0 aromatic heterocycles. The van der Waals surface area contributed by atoms with Gasteiger partial charge in [0.2, 0.25) is 0 Å². The Hall–Kier alpha value is -1.93. The molecule has 0 bridgehead atoms. The lowest BCUT2D eigenvalue weighted by molar-refractivity contribution is -0.140. The summed E-state index contributed by atoms with van der Waals surface area (Å²) in [5.74, 6) is -2.10. The van der Waals surface area contributed by atoms with Gasteiger partial charge in [-0.1, -0.05) is 13.8 Å². The van der Waals surface area contributed by atoms with Crippen molar-refractivity contribution in [2.24, 2.45) is 5.92 Å². The highest BCUT2D eigenvalue weighted by Gasteiger charge is 2.24. The molecule has 1 aromatic rings. The van der Waals surface area contributed by atoms with Crippen LogP contribution in [0.4, 0.5) is 0 Å². The van der Waals surface area contributed by atoms with Crippen molar-refractivity contribution < 1.29 is 27.9 Å². The molecule has 8 heteroatoms. The zero-order chi connectivity index (χ0) is 17.6. The van der Waals surface area contributed by atoms with Crippen molar-refractivity contribution in [2.45, 2.75) is 24.8 Å². The Balaban J connectivity index is 2.88. The second kappa shape index (κ2) is 8.07. The SMILES string of the molecule is COCCS(=O)(=O)c1ccc(C(=O)NC(C(=O)O)C(C)C)cc1. The molecule has 0 radical (unpaired) electrons. The van der Waals surface area contributed by atoms with Crippen LogP contribution in [0.2, 0.25) is 0 Å². The van der Waals surface area contributed by atoms with Crippen LogP contribution in [0.1, 0.15) is 24.2 Å². The molecule has 0 heterocycles. The molecule has 0 aliphatic heterocycles. The van der Waals surface area contributed by atoms with E-state index in [0.29, 0.717) is 0 Å². The van der Waals surface area contributed by atoms with Gasteiger partial charge in [-0.2, -0.15) is 0 Å². The summed E-state index contributed by atoms with van der Waals surface area (Å²) < 4.78 is 28.7. The Bertz CT molecular complexity index is 651. The van der Waals surface area contributed by atoms with Crippen molar-refractivity contribution in [1.82, 2.24) is 5.32 Å². The van der Waals surface area contributed by atoms with Gasteiger partial charge in [0.1, 0.15) is 6.04 Å². The number of sulfone groups is 1. The predicted octanol–water partition coefficient (Wildman–Crippen LogP) is 0.946.